The number of hydrogen-bond donors (Lipinski definition) is 0. The normalized spacial score (nSPS) is 10.9. The van der Waals surface area contributed by atoms with Crippen LogP contribution in [0, 0.1) is 0 Å². The van der Waals surface area contributed by atoms with E-state index in [1.54, 1.807) is 0 Å². The Kier molecular flexibility index (Phi) is 8.03. The minimum atomic E-state index is -1.69. The van der Waals surface area contributed by atoms with Gasteiger partial charge in [0.15, 0.2) is 0 Å². The predicted octanol–water partition coefficient (Wildman–Crippen LogP) is 2.62. The van der Waals surface area contributed by atoms with Crippen LogP contribution in [0.2, 0.25) is 0 Å². The van der Waals surface area contributed by atoms with Gasteiger partial charge in [0.1, 0.15) is 23.2 Å². The van der Waals surface area contributed by atoms with Crippen LogP contribution < -0.4 is 39.9 Å². The third-order valence-corrected chi connectivity index (χ3v) is 9.92. The number of rotatable bonds is 7. The lowest BCUT2D eigenvalue weighted by molar-refractivity contribution is -0.00000543. The van der Waals surface area contributed by atoms with E-state index in [0.29, 0.717) is 0 Å². The van der Waals surface area contributed by atoms with Gasteiger partial charge in [0.2, 0.25) is 0 Å². The van der Waals surface area contributed by atoms with Gasteiger partial charge in [0.05, 0.1) is 6.16 Å². The lowest BCUT2D eigenvalue weighted by atomic mass is 10.1. The van der Waals surface area contributed by atoms with Gasteiger partial charge in [-0.1, -0.05) is 84.9 Å². The molecule has 0 bridgehead atoms. The van der Waals surface area contributed by atoms with Crippen LogP contribution in [0.4, 0.5) is 0 Å². The van der Waals surface area contributed by atoms with E-state index in [1.807, 2.05) is 0 Å². The van der Waals surface area contributed by atoms with Crippen molar-refractivity contribution in [2.45, 2.75) is 12.8 Å². The monoisotopic (exact) mass is 508 g/mol. The fraction of sp³-hybridized carbons (Fsp3) is 0.111. The van der Waals surface area contributed by atoms with Gasteiger partial charge in [-0.3, -0.25) is 0 Å². The first kappa shape index (κ1) is 21.7. The van der Waals surface area contributed by atoms with E-state index in [9.17, 15) is 0 Å². The average molecular weight is 508 g/mol. The Bertz CT molecular complexity index is 873. The molecular weight excluding hydrogens is 482 g/mol. The minimum absolute atomic E-state index is 0. The Balaban J connectivity index is 0.00000240. The van der Waals surface area contributed by atoms with Crippen molar-refractivity contribution in [3.05, 3.63) is 127 Å². The van der Waals surface area contributed by atoms with Crippen LogP contribution >= 0.6 is 7.26 Å². The van der Waals surface area contributed by atoms with Crippen LogP contribution in [0.5, 0.6) is 0 Å². The maximum atomic E-state index is 2.33. The summed E-state index contributed by atoms with van der Waals surface area (Å²) in [5.74, 6) is 0. The summed E-state index contributed by atoms with van der Waals surface area (Å²) in [7, 11) is -1.69. The van der Waals surface area contributed by atoms with Crippen LogP contribution in [0.15, 0.2) is 121 Å². The van der Waals surface area contributed by atoms with E-state index < -0.39 is 7.26 Å². The molecule has 0 saturated heterocycles. The molecule has 4 aromatic carbocycles. The van der Waals surface area contributed by atoms with E-state index in [4.69, 9.17) is 0 Å². The van der Waals surface area contributed by atoms with Crippen molar-refractivity contribution in [1.29, 1.82) is 0 Å². The standard InChI is InChI=1S/C27H26P.HI/c1-5-14-24(15-6-1)16-13-23-28(25-17-7-2-8-18-25,26-19-9-3-10-20-26)27-21-11-4-12-22-27;/h1-12,14-15,17-22H,13,16,23H2;1H/q+1;/p-1. The van der Waals surface area contributed by atoms with Crippen LogP contribution in [-0.4, -0.2) is 6.16 Å². The molecule has 0 radical (unpaired) electrons. The zero-order valence-electron chi connectivity index (χ0n) is 16.5. The van der Waals surface area contributed by atoms with E-state index >= 15 is 0 Å². The molecule has 4 aromatic rings. The van der Waals surface area contributed by atoms with Gasteiger partial charge in [-0.05, 0) is 54.8 Å². The van der Waals surface area contributed by atoms with Gasteiger partial charge in [0, 0.05) is 0 Å². The zero-order valence-corrected chi connectivity index (χ0v) is 19.5. The summed E-state index contributed by atoms with van der Waals surface area (Å²) >= 11 is 0. The van der Waals surface area contributed by atoms with Crippen LogP contribution in [0.3, 0.4) is 0 Å². The highest BCUT2D eigenvalue weighted by atomic mass is 127. The summed E-state index contributed by atoms with van der Waals surface area (Å²) in [5.41, 5.74) is 1.43. The molecule has 0 saturated carbocycles. The van der Waals surface area contributed by atoms with Crippen molar-refractivity contribution in [2.24, 2.45) is 0 Å². The topological polar surface area (TPSA) is 0 Å². The second-order valence-electron chi connectivity index (χ2n) is 7.13. The van der Waals surface area contributed by atoms with Crippen LogP contribution in [0.1, 0.15) is 12.0 Å². The first-order valence-corrected chi connectivity index (χ1v) is 12.0. The van der Waals surface area contributed by atoms with Crippen LogP contribution in [-0.2, 0) is 6.42 Å². The Hall–Kier alpha value is -1.96. The molecular formula is C27H26IP. The fourth-order valence-electron chi connectivity index (χ4n) is 4.05. The summed E-state index contributed by atoms with van der Waals surface area (Å²) < 4.78 is 0. The smallest absolute Gasteiger partial charge is 0.112 e. The van der Waals surface area contributed by atoms with E-state index in [-0.39, 0.29) is 24.0 Å². The lowest BCUT2D eigenvalue weighted by Gasteiger charge is -2.27. The molecule has 0 unspecified atom stereocenters. The minimum Gasteiger partial charge on any atom is -1.00 e. The SMILES string of the molecule is [I-].c1ccc(CCC[P+](c2ccccc2)(c2ccccc2)c2ccccc2)cc1. The molecule has 0 heterocycles. The van der Waals surface area contributed by atoms with Crippen molar-refractivity contribution in [2.75, 3.05) is 6.16 Å². The van der Waals surface area contributed by atoms with Crippen molar-refractivity contribution in [3.63, 3.8) is 0 Å². The van der Waals surface area contributed by atoms with Gasteiger partial charge < -0.3 is 24.0 Å². The fourth-order valence-corrected chi connectivity index (χ4v) is 8.39. The van der Waals surface area contributed by atoms with Crippen molar-refractivity contribution in [3.8, 4) is 0 Å². The molecule has 0 N–H and O–H groups in total. The zero-order chi connectivity index (χ0) is 19.1. The van der Waals surface area contributed by atoms with Gasteiger partial charge in [0.25, 0.3) is 0 Å². The second-order valence-corrected chi connectivity index (χ2v) is 10.7. The van der Waals surface area contributed by atoms with Crippen molar-refractivity contribution >= 4 is 23.2 Å². The highest BCUT2D eigenvalue weighted by Gasteiger charge is 2.44. The third-order valence-electron chi connectivity index (χ3n) is 5.39. The molecule has 0 spiro atoms. The number of aryl methyl sites for hydroxylation is 1. The van der Waals surface area contributed by atoms with Crippen molar-refractivity contribution < 1.29 is 24.0 Å². The molecule has 0 amide bonds. The molecule has 0 aliphatic heterocycles. The molecule has 0 fully saturated rings. The van der Waals surface area contributed by atoms with Gasteiger partial charge in [-0.2, -0.15) is 0 Å². The van der Waals surface area contributed by atoms with E-state index in [0.717, 1.165) is 6.42 Å². The highest BCUT2D eigenvalue weighted by molar-refractivity contribution is 7.95. The summed E-state index contributed by atoms with van der Waals surface area (Å²) in [6, 6.07) is 44.3. The highest BCUT2D eigenvalue weighted by Crippen LogP contribution is 2.55. The number of halogens is 1. The Morgan fingerprint density at radius 2 is 0.793 bits per heavy atom. The Labute approximate surface area is 192 Å². The van der Waals surface area contributed by atoms with Gasteiger partial charge in [-0.25, -0.2) is 0 Å². The van der Waals surface area contributed by atoms with E-state index in [1.165, 1.54) is 34.1 Å². The number of benzene rings is 4. The summed E-state index contributed by atoms with van der Waals surface area (Å²) in [6.07, 6.45) is 3.48. The quantitative estimate of drug-likeness (QED) is 0.266. The summed E-state index contributed by atoms with van der Waals surface area (Å²) in [4.78, 5) is 0. The average Bonchev–Trinajstić information content (AvgIpc) is 2.79. The van der Waals surface area contributed by atoms with Crippen molar-refractivity contribution in [1.82, 2.24) is 0 Å². The van der Waals surface area contributed by atoms with Gasteiger partial charge >= 0.3 is 0 Å². The molecule has 0 nitrogen and oxygen atoms in total. The number of hydrogen-bond acceptors (Lipinski definition) is 0. The first-order valence-electron chi connectivity index (χ1n) is 9.98. The largest absolute Gasteiger partial charge is 1.00 e. The third kappa shape index (κ3) is 4.97. The molecule has 2 heteroatoms. The molecule has 0 aromatic heterocycles. The lowest BCUT2D eigenvalue weighted by Crippen LogP contribution is -3.00. The Morgan fingerprint density at radius 3 is 1.17 bits per heavy atom. The predicted molar refractivity (Wildman–Crippen MR) is 125 cm³/mol. The molecule has 146 valence electrons. The molecule has 0 aliphatic rings. The van der Waals surface area contributed by atoms with E-state index in [2.05, 4.69) is 121 Å². The molecule has 0 atom stereocenters. The summed E-state index contributed by atoms with van der Waals surface area (Å²) in [5, 5.41) is 4.42. The molecule has 29 heavy (non-hydrogen) atoms. The second kappa shape index (κ2) is 10.7. The summed E-state index contributed by atoms with van der Waals surface area (Å²) in [6.45, 7) is 0. The maximum absolute atomic E-state index is 2.33. The first-order chi connectivity index (χ1) is 13.9. The van der Waals surface area contributed by atoms with Gasteiger partial charge in [-0.15, -0.1) is 0 Å². The van der Waals surface area contributed by atoms with Crippen LogP contribution in [0.25, 0.3) is 0 Å². The Morgan fingerprint density at radius 1 is 0.448 bits per heavy atom. The molecule has 0 aliphatic carbocycles. The molecule has 4 rings (SSSR count). The maximum Gasteiger partial charge on any atom is 0.112 e.